The normalized spacial score (nSPS) is 23.2. The fourth-order valence-electron chi connectivity index (χ4n) is 4.59. The minimum atomic E-state index is -1.72. The van der Waals surface area contributed by atoms with Crippen LogP contribution in [0.4, 0.5) is 5.69 Å². The molecule has 10 nitrogen and oxygen atoms in total. The molecule has 0 unspecified atom stereocenters. The van der Waals surface area contributed by atoms with E-state index in [1.807, 2.05) is 0 Å². The lowest BCUT2D eigenvalue weighted by Gasteiger charge is -2.40. The van der Waals surface area contributed by atoms with Gasteiger partial charge in [-0.05, 0) is 12.5 Å². The molecular weight excluding hydrogens is 494 g/mol. The van der Waals surface area contributed by atoms with Crippen LogP contribution in [-0.4, -0.2) is 63.5 Å². The molecule has 0 aromatic heterocycles. The zero-order chi connectivity index (χ0) is 27.8. The third-order valence-corrected chi connectivity index (χ3v) is 6.88. The summed E-state index contributed by atoms with van der Waals surface area (Å²) in [6.45, 7) is 1.89. The van der Waals surface area contributed by atoms with E-state index in [1.54, 1.807) is 0 Å². The topological polar surface area (TPSA) is 149 Å². The molecule has 1 fully saturated rings. The average molecular weight is 540 g/mol. The average Bonchev–Trinajstić information content (AvgIpc) is 2.90. The van der Waals surface area contributed by atoms with Gasteiger partial charge in [0.1, 0.15) is 24.9 Å². The molecule has 1 heterocycles. The molecule has 0 saturated carbocycles. The lowest BCUT2D eigenvalue weighted by Crippen LogP contribution is -2.60. The van der Waals surface area contributed by atoms with Gasteiger partial charge in [0.15, 0.2) is 18.1 Å². The first-order chi connectivity index (χ1) is 18.3. The largest absolute Gasteiger partial charge is 0.478 e. The molecule has 1 aliphatic heterocycles. The van der Waals surface area contributed by atoms with Crippen LogP contribution < -0.4 is 4.74 Å². The Bertz CT molecular complexity index is 821. The lowest BCUT2D eigenvalue weighted by atomic mass is 9.99. The van der Waals surface area contributed by atoms with Crippen molar-refractivity contribution in [2.24, 2.45) is 0 Å². The number of unbranched alkanes of at least 4 members (excludes halogenated alkanes) is 12. The SMILES string of the molecule is CCCCCCCCCCCCCCCC(=O)OC[C@H]1O[C@H](O)[C@H](O)[C@@H](O)[C@@H]1Oc1ccccc1[N+](=O)[O-]. The Hall–Kier alpha value is -2.27. The minimum Gasteiger partial charge on any atom is -0.478 e. The number of ether oxygens (including phenoxy) is 3. The van der Waals surface area contributed by atoms with Gasteiger partial charge in [0.2, 0.25) is 0 Å². The van der Waals surface area contributed by atoms with Crippen LogP contribution in [0.5, 0.6) is 5.75 Å². The monoisotopic (exact) mass is 539 g/mol. The molecule has 1 aromatic rings. The van der Waals surface area contributed by atoms with E-state index in [2.05, 4.69) is 6.92 Å². The van der Waals surface area contributed by atoms with Gasteiger partial charge in [-0.15, -0.1) is 0 Å². The summed E-state index contributed by atoms with van der Waals surface area (Å²) in [5.41, 5.74) is -0.335. The maximum atomic E-state index is 12.2. The van der Waals surface area contributed by atoms with E-state index in [4.69, 9.17) is 14.2 Å². The van der Waals surface area contributed by atoms with Gasteiger partial charge < -0.3 is 29.5 Å². The summed E-state index contributed by atoms with van der Waals surface area (Å²) in [5, 5.41) is 41.7. The highest BCUT2D eigenvalue weighted by Crippen LogP contribution is 2.31. The molecular formula is C28H45NO9. The Labute approximate surface area is 225 Å². The molecule has 0 bridgehead atoms. The Morgan fingerprint density at radius 1 is 0.895 bits per heavy atom. The van der Waals surface area contributed by atoms with Crippen molar-refractivity contribution in [2.45, 2.75) is 128 Å². The predicted octanol–water partition coefficient (Wildman–Crippen LogP) is 4.81. The number of aliphatic hydroxyl groups excluding tert-OH is 3. The summed E-state index contributed by atoms with van der Waals surface area (Å²) in [6, 6.07) is 5.57. The van der Waals surface area contributed by atoms with E-state index in [9.17, 15) is 30.2 Å². The van der Waals surface area contributed by atoms with E-state index >= 15 is 0 Å². The van der Waals surface area contributed by atoms with Crippen molar-refractivity contribution in [1.29, 1.82) is 0 Å². The van der Waals surface area contributed by atoms with Crippen LogP contribution in [0.2, 0.25) is 0 Å². The van der Waals surface area contributed by atoms with Gasteiger partial charge in [-0.1, -0.05) is 96.1 Å². The van der Waals surface area contributed by atoms with Crippen molar-refractivity contribution >= 4 is 11.7 Å². The zero-order valence-electron chi connectivity index (χ0n) is 22.5. The van der Waals surface area contributed by atoms with Crippen molar-refractivity contribution in [3.8, 4) is 5.75 Å². The molecule has 3 N–H and O–H groups in total. The molecule has 38 heavy (non-hydrogen) atoms. The number of nitro benzene ring substituents is 1. The summed E-state index contributed by atoms with van der Waals surface area (Å²) in [7, 11) is 0. The van der Waals surface area contributed by atoms with Crippen LogP contribution in [-0.2, 0) is 14.3 Å². The zero-order valence-corrected chi connectivity index (χ0v) is 22.5. The molecule has 216 valence electrons. The highest BCUT2D eigenvalue weighted by atomic mass is 16.7. The van der Waals surface area contributed by atoms with E-state index in [0.717, 1.165) is 19.3 Å². The quantitative estimate of drug-likeness (QED) is 0.0975. The molecule has 1 aromatic carbocycles. The second kappa shape index (κ2) is 18.1. The van der Waals surface area contributed by atoms with E-state index in [0.29, 0.717) is 6.42 Å². The molecule has 0 radical (unpaired) electrons. The number of carbonyl (C=O) groups is 1. The van der Waals surface area contributed by atoms with Crippen LogP contribution in [0, 0.1) is 10.1 Å². The highest BCUT2D eigenvalue weighted by Gasteiger charge is 2.46. The third kappa shape index (κ3) is 11.2. The molecule has 1 aliphatic rings. The Morgan fingerprint density at radius 2 is 1.45 bits per heavy atom. The van der Waals surface area contributed by atoms with Crippen molar-refractivity contribution in [2.75, 3.05) is 6.61 Å². The number of hydrogen-bond acceptors (Lipinski definition) is 9. The molecule has 0 spiro atoms. The van der Waals surface area contributed by atoms with Gasteiger partial charge in [0, 0.05) is 12.5 Å². The second-order valence-corrected chi connectivity index (χ2v) is 10.0. The van der Waals surface area contributed by atoms with Crippen molar-refractivity contribution in [3.63, 3.8) is 0 Å². The molecule has 0 amide bonds. The summed E-state index contributed by atoms with van der Waals surface area (Å²) < 4.78 is 16.2. The lowest BCUT2D eigenvalue weighted by molar-refractivity contribution is -0.386. The van der Waals surface area contributed by atoms with Crippen molar-refractivity contribution in [3.05, 3.63) is 34.4 Å². The molecule has 10 heteroatoms. The fraction of sp³-hybridized carbons (Fsp3) is 0.750. The molecule has 0 aliphatic carbocycles. The Kier molecular flexibility index (Phi) is 15.2. The smallest absolute Gasteiger partial charge is 0.310 e. The number of para-hydroxylation sites is 2. The molecule has 1 saturated heterocycles. The van der Waals surface area contributed by atoms with Gasteiger partial charge in [-0.2, -0.15) is 0 Å². The number of carbonyl (C=O) groups excluding carboxylic acids is 1. The number of benzene rings is 1. The number of aliphatic hydroxyl groups is 3. The van der Waals surface area contributed by atoms with Crippen LogP contribution in [0.25, 0.3) is 0 Å². The van der Waals surface area contributed by atoms with Crippen LogP contribution in [0.3, 0.4) is 0 Å². The van der Waals surface area contributed by atoms with Gasteiger partial charge >= 0.3 is 11.7 Å². The summed E-state index contributed by atoms with van der Waals surface area (Å²) in [6.07, 6.45) is 8.36. The third-order valence-electron chi connectivity index (χ3n) is 6.88. The maximum absolute atomic E-state index is 12.2. The van der Waals surface area contributed by atoms with Gasteiger partial charge in [0.25, 0.3) is 0 Å². The summed E-state index contributed by atoms with van der Waals surface area (Å²) in [4.78, 5) is 22.9. The number of esters is 1. The van der Waals surface area contributed by atoms with Gasteiger partial charge in [0.05, 0.1) is 4.92 Å². The predicted molar refractivity (Wildman–Crippen MR) is 142 cm³/mol. The van der Waals surface area contributed by atoms with Crippen LogP contribution in [0.15, 0.2) is 24.3 Å². The maximum Gasteiger partial charge on any atom is 0.310 e. The van der Waals surface area contributed by atoms with Crippen molar-refractivity contribution in [1.82, 2.24) is 0 Å². The first kappa shape index (κ1) is 31.9. The highest BCUT2D eigenvalue weighted by molar-refractivity contribution is 5.69. The summed E-state index contributed by atoms with van der Waals surface area (Å²) >= 11 is 0. The number of hydrogen-bond donors (Lipinski definition) is 3. The van der Waals surface area contributed by atoms with E-state index in [1.165, 1.54) is 82.1 Å². The summed E-state index contributed by atoms with van der Waals surface area (Å²) in [5.74, 6) is -0.590. The second-order valence-electron chi connectivity index (χ2n) is 10.0. The minimum absolute atomic E-state index is 0.142. The van der Waals surface area contributed by atoms with Crippen molar-refractivity contribution < 1.29 is 39.2 Å². The standard InChI is InChI=1S/C28H45NO9/c1-2-3-4-5-6-7-8-9-10-11-12-13-14-19-24(30)36-20-23-27(25(31)26(32)28(33)38-23)37-22-18-16-15-17-21(22)29(34)35/h15-18,23,25-28,31-33H,2-14,19-20H2,1H3/t23-,25-,26-,27-,28+/m1/s1. The number of nitro groups is 1. The van der Waals surface area contributed by atoms with Gasteiger partial charge in [-0.3, -0.25) is 14.9 Å². The van der Waals surface area contributed by atoms with E-state index in [-0.39, 0.29) is 24.5 Å². The van der Waals surface area contributed by atoms with E-state index < -0.39 is 41.6 Å². The number of nitrogens with zero attached hydrogens (tertiary/aromatic N) is 1. The fourth-order valence-corrected chi connectivity index (χ4v) is 4.59. The Balaban J connectivity index is 1.67. The van der Waals surface area contributed by atoms with Crippen LogP contribution >= 0.6 is 0 Å². The number of rotatable bonds is 19. The van der Waals surface area contributed by atoms with Gasteiger partial charge in [-0.25, -0.2) is 0 Å². The molecule has 2 rings (SSSR count). The first-order valence-electron chi connectivity index (χ1n) is 14.1. The van der Waals surface area contributed by atoms with Crippen LogP contribution in [0.1, 0.15) is 96.8 Å². The Morgan fingerprint density at radius 3 is 2.03 bits per heavy atom. The first-order valence-corrected chi connectivity index (χ1v) is 14.1. The molecule has 5 atom stereocenters.